The molecule has 0 unspecified atom stereocenters. The van der Waals surface area contributed by atoms with Crippen LogP contribution in [0.3, 0.4) is 0 Å². The predicted molar refractivity (Wildman–Crippen MR) is 43.2 cm³/mol. The fourth-order valence-corrected chi connectivity index (χ4v) is 0.868. The van der Waals surface area contributed by atoms with Gasteiger partial charge in [0.2, 0.25) is 6.20 Å². The summed E-state index contributed by atoms with van der Waals surface area (Å²) < 4.78 is 5.37. The topological polar surface area (TPSA) is 79.3 Å². The van der Waals surface area contributed by atoms with E-state index in [1.165, 1.54) is 0 Å². The summed E-state index contributed by atoms with van der Waals surface area (Å²) in [5.74, 6) is -0.00926. The third-order valence-corrected chi connectivity index (χ3v) is 1.37. The van der Waals surface area contributed by atoms with E-state index in [0.717, 1.165) is 18.5 Å². The molecule has 0 aliphatic rings. The highest BCUT2D eigenvalue weighted by Gasteiger charge is 2.17. The van der Waals surface area contributed by atoms with Crippen molar-refractivity contribution in [3.8, 4) is 5.75 Å². The molecule has 0 atom stereocenters. The second-order valence-corrected chi connectivity index (χ2v) is 2.24. The van der Waals surface area contributed by atoms with Crippen LogP contribution in [0.25, 0.3) is 0 Å². The average molecular weight is 184 g/mol. The van der Waals surface area contributed by atoms with Crippen LogP contribution in [0, 0.1) is 15.3 Å². The van der Waals surface area contributed by atoms with Crippen LogP contribution in [0.4, 0.5) is 5.69 Å². The summed E-state index contributed by atoms with van der Waals surface area (Å²) in [7, 11) is 0. The monoisotopic (exact) mass is 184 g/mol. The number of aromatic nitrogens is 1. The molecule has 1 rings (SSSR count). The van der Waals surface area contributed by atoms with Crippen molar-refractivity contribution in [2.75, 3.05) is 6.61 Å². The van der Waals surface area contributed by atoms with Crippen molar-refractivity contribution in [2.24, 2.45) is 0 Å². The van der Waals surface area contributed by atoms with Crippen LogP contribution in [0.5, 0.6) is 5.75 Å². The first kappa shape index (κ1) is 9.24. The maximum atomic E-state index is 10.8. The van der Waals surface area contributed by atoms with Gasteiger partial charge in [0.1, 0.15) is 0 Å². The Morgan fingerprint density at radius 2 is 2.38 bits per heavy atom. The minimum absolute atomic E-state index is 0.00926. The summed E-state index contributed by atoms with van der Waals surface area (Å²) in [6, 6.07) is 1.11. The van der Waals surface area contributed by atoms with Crippen LogP contribution < -0.4 is 9.47 Å². The van der Waals surface area contributed by atoms with Crippen LogP contribution >= 0.6 is 0 Å². The molecule has 1 heterocycles. The van der Waals surface area contributed by atoms with E-state index in [2.05, 4.69) is 0 Å². The molecule has 0 aliphatic carbocycles. The maximum absolute atomic E-state index is 10.8. The van der Waals surface area contributed by atoms with Gasteiger partial charge in [0.05, 0.1) is 17.6 Å². The SMILES string of the molecule is CCOc1c[n+]([O-])ccc1[N+](=O)[O-]. The van der Waals surface area contributed by atoms with Gasteiger partial charge in [-0.25, -0.2) is 0 Å². The minimum Gasteiger partial charge on any atom is -0.619 e. The Kier molecular flexibility index (Phi) is 2.63. The zero-order chi connectivity index (χ0) is 9.84. The zero-order valence-corrected chi connectivity index (χ0v) is 6.97. The molecule has 13 heavy (non-hydrogen) atoms. The second kappa shape index (κ2) is 3.70. The number of ether oxygens (including phenoxy) is 1. The van der Waals surface area contributed by atoms with E-state index < -0.39 is 4.92 Å². The Bertz CT molecular complexity index is 326. The summed E-state index contributed by atoms with van der Waals surface area (Å²) in [4.78, 5) is 9.83. The van der Waals surface area contributed by atoms with Crippen LogP contribution in [0.2, 0.25) is 0 Å². The number of rotatable bonds is 3. The fourth-order valence-electron chi connectivity index (χ4n) is 0.868. The highest BCUT2D eigenvalue weighted by Crippen LogP contribution is 2.23. The van der Waals surface area contributed by atoms with Crippen molar-refractivity contribution in [1.82, 2.24) is 0 Å². The van der Waals surface area contributed by atoms with Crippen molar-refractivity contribution in [3.63, 3.8) is 0 Å². The van der Waals surface area contributed by atoms with Gasteiger partial charge in [0.15, 0.2) is 6.20 Å². The fraction of sp³-hybridized carbons (Fsp3) is 0.286. The zero-order valence-electron chi connectivity index (χ0n) is 6.97. The normalized spacial score (nSPS) is 9.62. The van der Waals surface area contributed by atoms with Gasteiger partial charge < -0.3 is 9.94 Å². The maximum Gasteiger partial charge on any atom is 0.323 e. The van der Waals surface area contributed by atoms with Gasteiger partial charge in [-0.2, -0.15) is 4.73 Å². The van der Waals surface area contributed by atoms with Crippen molar-refractivity contribution in [1.29, 1.82) is 0 Å². The van der Waals surface area contributed by atoms with E-state index in [-0.39, 0.29) is 18.0 Å². The van der Waals surface area contributed by atoms with Crippen molar-refractivity contribution in [2.45, 2.75) is 6.92 Å². The van der Waals surface area contributed by atoms with Crippen LogP contribution in [-0.4, -0.2) is 11.5 Å². The molecular formula is C7H8N2O4. The summed E-state index contributed by atoms with van der Waals surface area (Å²) in [6.07, 6.45) is 2.09. The molecule has 70 valence electrons. The van der Waals surface area contributed by atoms with Gasteiger partial charge >= 0.3 is 5.69 Å². The molecule has 6 heteroatoms. The lowest BCUT2D eigenvalue weighted by molar-refractivity contribution is -0.606. The van der Waals surface area contributed by atoms with Crippen molar-refractivity contribution >= 4 is 5.69 Å². The highest BCUT2D eigenvalue weighted by molar-refractivity contribution is 5.41. The van der Waals surface area contributed by atoms with Crippen LogP contribution in [0.1, 0.15) is 6.92 Å². The Morgan fingerprint density at radius 3 is 2.92 bits per heavy atom. The van der Waals surface area contributed by atoms with E-state index in [1.54, 1.807) is 6.92 Å². The van der Waals surface area contributed by atoms with Crippen LogP contribution in [-0.2, 0) is 0 Å². The summed E-state index contributed by atoms with van der Waals surface area (Å²) in [5.41, 5.74) is -0.200. The second-order valence-electron chi connectivity index (χ2n) is 2.24. The number of nitrogens with zero attached hydrogens (tertiary/aromatic N) is 2. The molecule has 0 spiro atoms. The first-order valence-electron chi connectivity index (χ1n) is 3.65. The molecule has 0 saturated heterocycles. The van der Waals surface area contributed by atoms with E-state index in [9.17, 15) is 15.3 Å². The van der Waals surface area contributed by atoms with Gasteiger partial charge in [-0.3, -0.25) is 10.1 Å². The smallest absolute Gasteiger partial charge is 0.323 e. The molecule has 0 radical (unpaired) electrons. The first-order chi connectivity index (χ1) is 6.15. The lowest BCUT2D eigenvalue weighted by Gasteiger charge is -2.02. The van der Waals surface area contributed by atoms with E-state index in [1.807, 2.05) is 0 Å². The molecule has 0 saturated carbocycles. The standard InChI is InChI=1S/C7H8N2O4/c1-2-13-7-5-8(10)4-3-6(7)9(11)12/h3-5H,2H2,1H3. The molecule has 0 amide bonds. The molecule has 0 fully saturated rings. The third kappa shape index (κ3) is 2.05. The van der Waals surface area contributed by atoms with E-state index >= 15 is 0 Å². The number of pyridine rings is 1. The highest BCUT2D eigenvalue weighted by atomic mass is 16.6. The largest absolute Gasteiger partial charge is 0.619 e. The third-order valence-electron chi connectivity index (χ3n) is 1.37. The number of hydrogen-bond acceptors (Lipinski definition) is 4. The summed E-state index contributed by atoms with van der Waals surface area (Å²) in [5, 5.41) is 21.2. The lowest BCUT2D eigenvalue weighted by atomic mass is 10.4. The van der Waals surface area contributed by atoms with Gasteiger partial charge in [0.25, 0.3) is 5.75 Å². The van der Waals surface area contributed by atoms with Gasteiger partial charge in [-0.1, -0.05) is 0 Å². The molecule has 6 nitrogen and oxygen atoms in total. The van der Waals surface area contributed by atoms with Gasteiger partial charge in [-0.05, 0) is 6.92 Å². The van der Waals surface area contributed by atoms with Crippen molar-refractivity contribution in [3.05, 3.63) is 33.8 Å². The van der Waals surface area contributed by atoms with E-state index in [4.69, 9.17) is 4.74 Å². The Hall–Kier alpha value is -1.85. The Morgan fingerprint density at radius 1 is 1.69 bits per heavy atom. The number of hydrogen-bond donors (Lipinski definition) is 0. The van der Waals surface area contributed by atoms with Gasteiger partial charge in [0, 0.05) is 0 Å². The van der Waals surface area contributed by atoms with E-state index in [0.29, 0.717) is 4.73 Å². The minimum atomic E-state index is -0.592. The first-order valence-corrected chi connectivity index (χ1v) is 3.65. The molecule has 1 aromatic heterocycles. The number of nitro groups is 1. The Balaban J connectivity index is 3.10. The molecule has 0 aliphatic heterocycles. The molecule has 0 bridgehead atoms. The molecular weight excluding hydrogens is 176 g/mol. The lowest BCUT2D eigenvalue weighted by Crippen LogP contribution is -2.24. The van der Waals surface area contributed by atoms with Crippen LogP contribution in [0.15, 0.2) is 18.5 Å². The Labute approximate surface area is 74.1 Å². The van der Waals surface area contributed by atoms with Gasteiger partial charge in [-0.15, -0.1) is 0 Å². The molecule has 0 N–H and O–H groups in total. The summed E-state index contributed by atoms with van der Waals surface area (Å²) >= 11 is 0. The molecule has 1 aromatic rings. The van der Waals surface area contributed by atoms with Crippen molar-refractivity contribution < 1.29 is 14.4 Å². The summed E-state index contributed by atoms with van der Waals surface area (Å²) in [6.45, 7) is 1.97. The molecule has 0 aromatic carbocycles. The predicted octanol–water partition coefficient (Wildman–Crippen LogP) is 0.627. The quantitative estimate of drug-likeness (QED) is 0.298. The average Bonchev–Trinajstić information content (AvgIpc) is 2.04.